The van der Waals surface area contributed by atoms with Crippen molar-refractivity contribution in [1.82, 2.24) is 9.80 Å². The molecular formula is C26H28N4O2S2. The zero-order chi connectivity index (χ0) is 24.2. The minimum absolute atomic E-state index is 0.105. The summed E-state index contributed by atoms with van der Waals surface area (Å²) in [7, 11) is 0. The number of hydrogen-bond donors (Lipinski definition) is 1. The van der Waals surface area contributed by atoms with Gasteiger partial charge in [-0.05, 0) is 37.1 Å². The van der Waals surface area contributed by atoms with Crippen LogP contribution in [-0.4, -0.2) is 40.1 Å². The van der Waals surface area contributed by atoms with Crippen LogP contribution in [0.25, 0.3) is 11.4 Å². The molecule has 1 unspecified atom stereocenters. The summed E-state index contributed by atoms with van der Waals surface area (Å²) >= 11 is 2.70. The van der Waals surface area contributed by atoms with Gasteiger partial charge in [0.15, 0.2) is 6.23 Å². The fourth-order valence-corrected chi connectivity index (χ4v) is 6.34. The summed E-state index contributed by atoms with van der Waals surface area (Å²) in [5.41, 5.74) is 2.62. The van der Waals surface area contributed by atoms with Crippen molar-refractivity contribution in [2.75, 3.05) is 13.1 Å². The van der Waals surface area contributed by atoms with Gasteiger partial charge in [0.2, 0.25) is 0 Å². The van der Waals surface area contributed by atoms with E-state index in [2.05, 4.69) is 26.0 Å². The monoisotopic (exact) mass is 492 g/mol. The lowest BCUT2D eigenvalue weighted by Gasteiger charge is -2.29. The molecule has 0 radical (unpaired) electrons. The molecule has 34 heavy (non-hydrogen) atoms. The summed E-state index contributed by atoms with van der Waals surface area (Å²) in [5.74, 6) is -0.105. The van der Waals surface area contributed by atoms with Crippen LogP contribution in [0.1, 0.15) is 71.9 Å². The fraction of sp³-hybridized carbons (Fsp3) is 0.423. The number of aliphatic hydroxyl groups is 1. The molecule has 0 saturated heterocycles. The predicted octanol–water partition coefficient (Wildman–Crippen LogP) is 5.53. The normalized spacial score (nSPS) is 17.6. The van der Waals surface area contributed by atoms with Crippen molar-refractivity contribution >= 4 is 40.0 Å². The number of nitrogens with zero attached hydrogens (tertiary/aromatic N) is 4. The van der Waals surface area contributed by atoms with Gasteiger partial charge in [0.25, 0.3) is 5.91 Å². The van der Waals surface area contributed by atoms with Crippen LogP contribution in [-0.2, 0) is 4.79 Å². The maximum absolute atomic E-state index is 13.9. The van der Waals surface area contributed by atoms with Gasteiger partial charge in [-0.15, -0.1) is 22.7 Å². The van der Waals surface area contributed by atoms with E-state index in [1.807, 2.05) is 17.0 Å². The molecule has 1 N–H and O–H groups in total. The van der Waals surface area contributed by atoms with E-state index in [0.717, 1.165) is 59.7 Å². The van der Waals surface area contributed by atoms with Crippen molar-refractivity contribution in [3.8, 4) is 12.1 Å². The first-order valence-corrected chi connectivity index (χ1v) is 13.4. The molecule has 6 nitrogen and oxygen atoms in total. The third-order valence-corrected chi connectivity index (χ3v) is 8.21. The molecule has 8 heteroatoms. The van der Waals surface area contributed by atoms with E-state index in [-0.39, 0.29) is 5.91 Å². The smallest absolute Gasteiger partial charge is 0.261 e. The van der Waals surface area contributed by atoms with E-state index in [1.165, 1.54) is 22.7 Å². The molecule has 4 rings (SSSR count). The minimum atomic E-state index is -0.947. The van der Waals surface area contributed by atoms with Gasteiger partial charge in [-0.3, -0.25) is 4.79 Å². The Morgan fingerprint density at radius 1 is 0.882 bits per heavy atom. The Hall–Kier alpha value is -2.91. The molecule has 1 amide bonds. The molecule has 2 aliphatic heterocycles. The van der Waals surface area contributed by atoms with Crippen LogP contribution in [0.3, 0.4) is 0 Å². The third kappa shape index (κ3) is 4.30. The lowest BCUT2D eigenvalue weighted by Crippen LogP contribution is -2.33. The Morgan fingerprint density at radius 2 is 1.44 bits per heavy atom. The van der Waals surface area contributed by atoms with Crippen LogP contribution >= 0.6 is 22.7 Å². The fourth-order valence-electron chi connectivity index (χ4n) is 4.60. The van der Waals surface area contributed by atoms with Gasteiger partial charge in [0.05, 0.1) is 26.7 Å². The van der Waals surface area contributed by atoms with Crippen LogP contribution in [0.2, 0.25) is 0 Å². The van der Waals surface area contributed by atoms with E-state index >= 15 is 0 Å². The average molecular weight is 493 g/mol. The highest BCUT2D eigenvalue weighted by molar-refractivity contribution is 7.14. The maximum atomic E-state index is 13.9. The Kier molecular flexibility index (Phi) is 7.53. The van der Waals surface area contributed by atoms with E-state index < -0.39 is 6.23 Å². The zero-order valence-corrected chi connectivity index (χ0v) is 21.1. The van der Waals surface area contributed by atoms with Crippen LogP contribution in [0.15, 0.2) is 35.4 Å². The lowest BCUT2D eigenvalue weighted by atomic mass is 10.1. The van der Waals surface area contributed by atoms with E-state index in [1.54, 1.807) is 17.0 Å². The number of carbonyl (C=O) groups is 1. The first kappa shape index (κ1) is 24.2. The highest BCUT2D eigenvalue weighted by Crippen LogP contribution is 2.50. The van der Waals surface area contributed by atoms with Gasteiger partial charge in [-0.2, -0.15) is 10.5 Å². The van der Waals surface area contributed by atoms with Gasteiger partial charge < -0.3 is 14.9 Å². The van der Waals surface area contributed by atoms with Crippen molar-refractivity contribution in [2.24, 2.45) is 0 Å². The SMILES string of the molecule is CCCCCN1C(=O)C2=C(c3ccc(C#N)s3)N(CCCCC)C(O)C2=C1c1ccc(C#N)s1. The number of unbranched alkanes of at least 4 members (excludes halogenated alkanes) is 4. The summed E-state index contributed by atoms with van der Waals surface area (Å²) < 4.78 is 0. The van der Waals surface area contributed by atoms with Gasteiger partial charge in [0.1, 0.15) is 21.9 Å². The van der Waals surface area contributed by atoms with Gasteiger partial charge in [-0.1, -0.05) is 39.5 Å². The van der Waals surface area contributed by atoms with Crippen molar-refractivity contribution in [1.29, 1.82) is 10.5 Å². The maximum Gasteiger partial charge on any atom is 0.261 e. The van der Waals surface area contributed by atoms with Gasteiger partial charge >= 0.3 is 0 Å². The van der Waals surface area contributed by atoms with Crippen molar-refractivity contribution in [3.63, 3.8) is 0 Å². The van der Waals surface area contributed by atoms with Crippen molar-refractivity contribution < 1.29 is 9.90 Å². The number of carbonyl (C=O) groups excluding carboxylic acids is 1. The molecule has 0 aromatic carbocycles. The van der Waals surface area contributed by atoms with Crippen molar-refractivity contribution in [2.45, 2.75) is 58.6 Å². The highest BCUT2D eigenvalue weighted by atomic mass is 32.1. The third-order valence-electron chi connectivity index (χ3n) is 6.22. The van der Waals surface area contributed by atoms with Crippen LogP contribution < -0.4 is 0 Å². The summed E-state index contributed by atoms with van der Waals surface area (Å²) in [6, 6.07) is 11.7. The molecule has 0 aliphatic carbocycles. The summed E-state index contributed by atoms with van der Waals surface area (Å²) in [6.07, 6.45) is 4.95. The molecule has 1 atom stereocenters. The van der Waals surface area contributed by atoms with Crippen LogP contribution in [0, 0.1) is 22.7 Å². The minimum Gasteiger partial charge on any atom is -0.369 e. The first-order valence-electron chi connectivity index (χ1n) is 11.8. The second kappa shape index (κ2) is 10.6. The number of aliphatic hydroxyl groups excluding tert-OH is 1. The number of thiophene rings is 2. The summed E-state index contributed by atoms with van der Waals surface area (Å²) in [4.78, 5) is 20.4. The number of nitriles is 2. The molecule has 0 bridgehead atoms. The number of fused-ring (bicyclic) bond motifs is 1. The van der Waals surface area contributed by atoms with E-state index in [4.69, 9.17) is 0 Å². The predicted molar refractivity (Wildman–Crippen MR) is 135 cm³/mol. The topological polar surface area (TPSA) is 91.4 Å². The Bertz CT molecular complexity index is 1220. The molecule has 176 valence electrons. The van der Waals surface area contributed by atoms with Crippen LogP contribution in [0.5, 0.6) is 0 Å². The second-order valence-electron chi connectivity index (χ2n) is 8.48. The number of rotatable bonds is 10. The molecule has 0 saturated carbocycles. The Balaban J connectivity index is 1.88. The summed E-state index contributed by atoms with van der Waals surface area (Å²) in [5, 5.41) is 30.3. The largest absolute Gasteiger partial charge is 0.369 e. The zero-order valence-electron chi connectivity index (χ0n) is 19.5. The molecule has 4 heterocycles. The number of amides is 1. The van der Waals surface area contributed by atoms with E-state index in [9.17, 15) is 20.4 Å². The molecule has 0 spiro atoms. The molecule has 2 aliphatic rings. The van der Waals surface area contributed by atoms with E-state index in [0.29, 0.717) is 34.0 Å². The Labute approximate surface area is 208 Å². The van der Waals surface area contributed by atoms with Gasteiger partial charge in [0, 0.05) is 18.7 Å². The average Bonchev–Trinajstić information content (AvgIpc) is 3.61. The standard InChI is InChI=1S/C26H28N4O2S2/c1-3-5-7-13-29-23(19-11-9-17(15-27)33-19)21-22(25(29)31)24(20-12-10-18(16-28)34-20)30(26(21)32)14-8-6-4-2/h9-12,25,31H,3-8,13-14H2,1-2H3. The quantitative estimate of drug-likeness (QED) is 0.440. The van der Waals surface area contributed by atoms with Crippen LogP contribution in [0.4, 0.5) is 0 Å². The molecule has 2 aromatic heterocycles. The Morgan fingerprint density at radius 3 is 1.97 bits per heavy atom. The van der Waals surface area contributed by atoms with Crippen molar-refractivity contribution in [3.05, 3.63) is 54.9 Å². The summed E-state index contributed by atoms with van der Waals surface area (Å²) in [6.45, 7) is 5.45. The molecular weight excluding hydrogens is 464 g/mol. The second-order valence-corrected chi connectivity index (χ2v) is 10.6. The lowest BCUT2D eigenvalue weighted by molar-refractivity contribution is -0.123. The van der Waals surface area contributed by atoms with Gasteiger partial charge in [-0.25, -0.2) is 0 Å². The number of hydrogen-bond acceptors (Lipinski definition) is 7. The first-order chi connectivity index (χ1) is 16.5. The highest BCUT2D eigenvalue weighted by Gasteiger charge is 2.48. The molecule has 0 fully saturated rings. The molecule has 2 aromatic rings.